The second-order valence-electron chi connectivity index (χ2n) is 8.13. The standard InChI is InChI=1S/C23H35N7O/c1-3-24-23(25-13-12-22-27-26-21-11-5-4-8-14-30(21)22)29-17-15-28(16-18-29)19-9-6-7-10-20(19)31-2/h6-7,9-10H,3-5,8,11-18H2,1-2H3,(H,24,25). The van der Waals surface area contributed by atoms with Crippen molar-refractivity contribution in [1.82, 2.24) is 25.0 Å². The normalized spacial score (nSPS) is 17.3. The molecule has 4 rings (SSSR count). The molecule has 31 heavy (non-hydrogen) atoms. The highest BCUT2D eigenvalue weighted by Gasteiger charge is 2.22. The molecule has 8 nitrogen and oxygen atoms in total. The fraction of sp³-hybridized carbons (Fsp3) is 0.609. The molecule has 0 aliphatic carbocycles. The molecule has 2 aliphatic rings. The second kappa shape index (κ2) is 10.5. The quantitative estimate of drug-likeness (QED) is 0.566. The number of ether oxygens (including phenoxy) is 1. The number of aliphatic imine (C=N–C) groups is 1. The lowest BCUT2D eigenvalue weighted by atomic mass is 10.2. The minimum atomic E-state index is 0.729. The van der Waals surface area contributed by atoms with Gasteiger partial charge in [0, 0.05) is 58.7 Å². The van der Waals surface area contributed by atoms with Crippen LogP contribution in [0.15, 0.2) is 29.3 Å². The number of anilines is 1. The molecule has 1 N–H and O–H groups in total. The van der Waals surface area contributed by atoms with Gasteiger partial charge in [-0.2, -0.15) is 0 Å². The van der Waals surface area contributed by atoms with Gasteiger partial charge in [-0.25, -0.2) is 0 Å². The number of aryl methyl sites for hydroxylation is 1. The number of aromatic nitrogens is 3. The van der Waals surface area contributed by atoms with Gasteiger partial charge in [0.1, 0.15) is 17.4 Å². The van der Waals surface area contributed by atoms with Crippen molar-refractivity contribution in [2.45, 2.75) is 45.6 Å². The Morgan fingerprint density at radius 3 is 2.71 bits per heavy atom. The first-order chi connectivity index (χ1) is 15.3. The molecule has 0 saturated carbocycles. The van der Waals surface area contributed by atoms with Crippen molar-refractivity contribution < 1.29 is 4.74 Å². The monoisotopic (exact) mass is 425 g/mol. The van der Waals surface area contributed by atoms with E-state index in [1.165, 1.54) is 24.9 Å². The Morgan fingerprint density at radius 1 is 1.06 bits per heavy atom. The Labute approximate surface area is 185 Å². The molecule has 2 aromatic rings. The molecule has 1 fully saturated rings. The Bertz CT molecular complexity index is 871. The number of nitrogens with one attached hydrogen (secondary N) is 1. The largest absolute Gasteiger partial charge is 0.495 e. The Kier molecular flexibility index (Phi) is 7.27. The Hall–Kier alpha value is -2.77. The number of hydrogen-bond donors (Lipinski definition) is 1. The van der Waals surface area contributed by atoms with Crippen LogP contribution in [0.2, 0.25) is 0 Å². The van der Waals surface area contributed by atoms with Crippen LogP contribution in [0.5, 0.6) is 5.75 Å². The first kappa shape index (κ1) is 21.5. The molecule has 2 aliphatic heterocycles. The average Bonchev–Trinajstić information content (AvgIpc) is 3.04. The lowest BCUT2D eigenvalue weighted by Crippen LogP contribution is -2.52. The fourth-order valence-electron chi connectivity index (χ4n) is 4.47. The molecule has 0 amide bonds. The fourth-order valence-corrected chi connectivity index (χ4v) is 4.47. The van der Waals surface area contributed by atoms with Gasteiger partial charge < -0.3 is 24.4 Å². The summed E-state index contributed by atoms with van der Waals surface area (Å²) in [4.78, 5) is 9.68. The number of guanidine groups is 1. The smallest absolute Gasteiger partial charge is 0.194 e. The SMILES string of the molecule is CCNC(=NCCc1nnc2n1CCCCC2)N1CCN(c2ccccc2OC)CC1. The summed E-state index contributed by atoms with van der Waals surface area (Å²) in [6.07, 6.45) is 5.62. The van der Waals surface area contributed by atoms with E-state index in [2.05, 4.69) is 48.9 Å². The number of methoxy groups -OCH3 is 1. The first-order valence-electron chi connectivity index (χ1n) is 11.6. The predicted molar refractivity (Wildman–Crippen MR) is 124 cm³/mol. The average molecular weight is 426 g/mol. The molecular weight excluding hydrogens is 390 g/mol. The maximum absolute atomic E-state index is 5.54. The minimum absolute atomic E-state index is 0.729. The molecule has 0 unspecified atom stereocenters. The number of piperazine rings is 1. The number of hydrogen-bond acceptors (Lipinski definition) is 5. The second-order valence-corrected chi connectivity index (χ2v) is 8.13. The van der Waals surface area contributed by atoms with E-state index in [0.29, 0.717) is 0 Å². The summed E-state index contributed by atoms with van der Waals surface area (Å²) >= 11 is 0. The molecule has 1 aromatic heterocycles. The third kappa shape index (κ3) is 5.11. The van der Waals surface area contributed by atoms with E-state index in [9.17, 15) is 0 Å². The van der Waals surface area contributed by atoms with Crippen LogP contribution in [0, 0.1) is 0 Å². The van der Waals surface area contributed by atoms with Crippen molar-refractivity contribution in [2.75, 3.05) is 51.3 Å². The molecule has 0 spiro atoms. The molecule has 0 atom stereocenters. The summed E-state index contributed by atoms with van der Waals surface area (Å²) in [6.45, 7) is 8.53. The summed E-state index contributed by atoms with van der Waals surface area (Å²) < 4.78 is 7.86. The lowest BCUT2D eigenvalue weighted by molar-refractivity contribution is 0.367. The van der Waals surface area contributed by atoms with Crippen LogP contribution in [0.4, 0.5) is 5.69 Å². The summed E-state index contributed by atoms with van der Waals surface area (Å²) in [7, 11) is 1.74. The molecule has 0 radical (unpaired) electrons. The molecule has 8 heteroatoms. The Balaban J connectivity index is 1.36. The van der Waals surface area contributed by atoms with Gasteiger partial charge in [-0.15, -0.1) is 10.2 Å². The van der Waals surface area contributed by atoms with E-state index in [1.54, 1.807) is 7.11 Å². The third-order valence-corrected chi connectivity index (χ3v) is 6.12. The van der Waals surface area contributed by atoms with E-state index in [1.807, 2.05) is 12.1 Å². The van der Waals surface area contributed by atoms with Gasteiger partial charge in [0.2, 0.25) is 0 Å². The third-order valence-electron chi connectivity index (χ3n) is 6.12. The number of fused-ring (bicyclic) bond motifs is 1. The van der Waals surface area contributed by atoms with Crippen molar-refractivity contribution in [1.29, 1.82) is 0 Å². The summed E-state index contributed by atoms with van der Waals surface area (Å²) in [5.74, 6) is 4.16. The molecule has 168 valence electrons. The van der Waals surface area contributed by atoms with Crippen molar-refractivity contribution in [3.63, 3.8) is 0 Å². The number of benzene rings is 1. The van der Waals surface area contributed by atoms with Gasteiger partial charge in [-0.3, -0.25) is 4.99 Å². The zero-order chi connectivity index (χ0) is 21.5. The highest BCUT2D eigenvalue weighted by Crippen LogP contribution is 2.28. The van der Waals surface area contributed by atoms with Crippen LogP contribution in [0.3, 0.4) is 0 Å². The molecule has 1 aromatic carbocycles. The summed E-state index contributed by atoms with van der Waals surface area (Å²) in [5, 5.41) is 12.3. The maximum Gasteiger partial charge on any atom is 0.194 e. The highest BCUT2D eigenvalue weighted by atomic mass is 16.5. The summed E-state index contributed by atoms with van der Waals surface area (Å²) in [6, 6.07) is 8.25. The maximum atomic E-state index is 5.54. The summed E-state index contributed by atoms with van der Waals surface area (Å²) in [5.41, 5.74) is 1.17. The predicted octanol–water partition coefficient (Wildman–Crippen LogP) is 2.34. The van der Waals surface area contributed by atoms with Crippen molar-refractivity contribution in [2.24, 2.45) is 4.99 Å². The zero-order valence-corrected chi connectivity index (χ0v) is 18.9. The van der Waals surface area contributed by atoms with E-state index in [4.69, 9.17) is 9.73 Å². The van der Waals surface area contributed by atoms with E-state index in [-0.39, 0.29) is 0 Å². The van der Waals surface area contributed by atoms with Crippen molar-refractivity contribution in [3.8, 4) is 5.75 Å². The van der Waals surface area contributed by atoms with Gasteiger partial charge in [-0.1, -0.05) is 18.6 Å². The molecule has 0 bridgehead atoms. The molecular formula is C23H35N7O. The molecule has 3 heterocycles. The van der Waals surface area contributed by atoms with Crippen LogP contribution in [-0.2, 0) is 19.4 Å². The van der Waals surface area contributed by atoms with Crippen LogP contribution in [-0.4, -0.2) is 72.0 Å². The van der Waals surface area contributed by atoms with Crippen molar-refractivity contribution >= 4 is 11.6 Å². The van der Waals surface area contributed by atoms with Crippen molar-refractivity contribution in [3.05, 3.63) is 35.9 Å². The number of nitrogens with zero attached hydrogens (tertiary/aromatic N) is 6. The topological polar surface area (TPSA) is 70.8 Å². The van der Waals surface area contributed by atoms with E-state index in [0.717, 1.165) is 82.0 Å². The van der Waals surface area contributed by atoms with E-state index >= 15 is 0 Å². The van der Waals surface area contributed by atoms with Crippen LogP contribution < -0.4 is 15.0 Å². The number of rotatable bonds is 6. The lowest BCUT2D eigenvalue weighted by Gasteiger charge is -2.38. The van der Waals surface area contributed by atoms with Gasteiger partial charge in [0.15, 0.2) is 5.96 Å². The highest BCUT2D eigenvalue weighted by molar-refractivity contribution is 5.80. The van der Waals surface area contributed by atoms with Crippen LogP contribution >= 0.6 is 0 Å². The van der Waals surface area contributed by atoms with Crippen LogP contribution in [0.25, 0.3) is 0 Å². The minimum Gasteiger partial charge on any atom is -0.495 e. The van der Waals surface area contributed by atoms with Gasteiger partial charge in [0.25, 0.3) is 0 Å². The van der Waals surface area contributed by atoms with Gasteiger partial charge in [-0.05, 0) is 31.9 Å². The van der Waals surface area contributed by atoms with E-state index < -0.39 is 0 Å². The van der Waals surface area contributed by atoms with Gasteiger partial charge in [0.05, 0.1) is 12.8 Å². The van der Waals surface area contributed by atoms with Gasteiger partial charge >= 0.3 is 0 Å². The molecule has 1 saturated heterocycles. The number of para-hydroxylation sites is 2. The zero-order valence-electron chi connectivity index (χ0n) is 18.9. The van der Waals surface area contributed by atoms with Crippen LogP contribution in [0.1, 0.15) is 37.8 Å². The first-order valence-corrected chi connectivity index (χ1v) is 11.6. The Morgan fingerprint density at radius 2 is 1.90 bits per heavy atom.